The molecule has 0 aliphatic heterocycles. The number of hydrogen-bond donors (Lipinski definition) is 2. The van der Waals surface area contributed by atoms with Crippen LogP contribution in [0.25, 0.3) is 0 Å². The van der Waals surface area contributed by atoms with Gasteiger partial charge in [-0.2, -0.15) is 10.1 Å². The minimum Gasteiger partial charge on any atom is -0.326 e. The van der Waals surface area contributed by atoms with Gasteiger partial charge in [-0.3, -0.25) is 14.9 Å². The molecule has 1 aliphatic rings. The summed E-state index contributed by atoms with van der Waals surface area (Å²) in [4.78, 5) is 27.5. The van der Waals surface area contributed by atoms with Crippen LogP contribution in [0.2, 0.25) is 0 Å². The largest absolute Gasteiger partial charge is 0.326 e. The van der Waals surface area contributed by atoms with Crippen LogP contribution in [0.5, 0.6) is 0 Å². The highest BCUT2D eigenvalue weighted by Crippen LogP contribution is 2.30. The number of hydrogen-bond acceptors (Lipinski definition) is 4. The Morgan fingerprint density at radius 3 is 2.55 bits per heavy atom. The normalized spacial score (nSPS) is 13.7. The number of nitrogens with zero attached hydrogens (tertiary/aromatic N) is 3. The minimum atomic E-state index is -0.161. The molecule has 0 bridgehead atoms. The second-order valence-corrected chi connectivity index (χ2v) is 5.39. The number of carbonyl (C=O) groups excluding carboxylic acids is 2. The zero-order valence-corrected chi connectivity index (χ0v) is 12.2. The fraction of sp³-hybridized carbons (Fsp3) is 0.333. The smallest absolute Gasteiger partial charge is 0.231 e. The van der Waals surface area contributed by atoms with Gasteiger partial charge in [-0.05, 0) is 30.5 Å². The minimum absolute atomic E-state index is 0.0766. The van der Waals surface area contributed by atoms with Crippen LogP contribution in [0.4, 0.5) is 11.6 Å². The van der Waals surface area contributed by atoms with E-state index in [2.05, 4.69) is 20.7 Å². The van der Waals surface area contributed by atoms with Crippen molar-refractivity contribution in [3.8, 4) is 0 Å². The summed E-state index contributed by atoms with van der Waals surface area (Å²) in [5, 5.41) is 9.44. The fourth-order valence-electron chi connectivity index (χ4n) is 2.06. The molecule has 1 aliphatic carbocycles. The molecule has 1 aromatic carbocycles. The molecule has 7 heteroatoms. The summed E-state index contributed by atoms with van der Waals surface area (Å²) in [5.74, 6) is 0.508. The molecule has 2 N–H and O–H groups in total. The maximum absolute atomic E-state index is 11.9. The fourth-order valence-corrected chi connectivity index (χ4v) is 2.06. The Balaban J connectivity index is 1.55. The Morgan fingerprint density at radius 2 is 1.95 bits per heavy atom. The lowest BCUT2D eigenvalue weighted by atomic mass is 10.1. The van der Waals surface area contributed by atoms with Crippen LogP contribution in [0.15, 0.2) is 30.6 Å². The molecule has 2 aromatic rings. The SMILES string of the molecule is Cn1ncnc1NC(=O)Cc1ccc(NC(=O)C2CC2)cc1. The van der Waals surface area contributed by atoms with E-state index >= 15 is 0 Å². The van der Waals surface area contributed by atoms with E-state index in [4.69, 9.17) is 0 Å². The van der Waals surface area contributed by atoms with Gasteiger partial charge in [0.2, 0.25) is 17.8 Å². The Kier molecular flexibility index (Phi) is 3.86. The maximum atomic E-state index is 11.9. The number of nitrogens with one attached hydrogen (secondary N) is 2. The predicted octanol–water partition coefficient (Wildman–Crippen LogP) is 1.34. The van der Waals surface area contributed by atoms with Crippen molar-refractivity contribution in [3.63, 3.8) is 0 Å². The van der Waals surface area contributed by atoms with Crippen molar-refractivity contribution in [3.05, 3.63) is 36.2 Å². The molecule has 0 radical (unpaired) electrons. The van der Waals surface area contributed by atoms with Crippen LogP contribution >= 0.6 is 0 Å². The van der Waals surface area contributed by atoms with Crippen LogP contribution < -0.4 is 10.6 Å². The van der Waals surface area contributed by atoms with E-state index in [0.29, 0.717) is 5.95 Å². The number of rotatable bonds is 5. The zero-order valence-electron chi connectivity index (χ0n) is 12.2. The van der Waals surface area contributed by atoms with Gasteiger partial charge in [0.05, 0.1) is 6.42 Å². The van der Waals surface area contributed by atoms with Crippen molar-refractivity contribution in [2.45, 2.75) is 19.3 Å². The average molecular weight is 299 g/mol. The van der Waals surface area contributed by atoms with E-state index in [9.17, 15) is 9.59 Å². The van der Waals surface area contributed by atoms with Crippen LogP contribution in [-0.2, 0) is 23.1 Å². The van der Waals surface area contributed by atoms with Gasteiger partial charge in [0.15, 0.2) is 0 Å². The number of amides is 2. The van der Waals surface area contributed by atoms with Gasteiger partial charge < -0.3 is 5.32 Å². The molecule has 0 unspecified atom stereocenters. The number of carbonyl (C=O) groups is 2. The lowest BCUT2D eigenvalue weighted by Crippen LogP contribution is -2.17. The van der Waals surface area contributed by atoms with Crippen molar-refractivity contribution in [1.82, 2.24) is 14.8 Å². The third-order valence-corrected chi connectivity index (χ3v) is 3.50. The molecular formula is C15H17N5O2. The van der Waals surface area contributed by atoms with Crippen molar-refractivity contribution < 1.29 is 9.59 Å². The van der Waals surface area contributed by atoms with Gasteiger partial charge in [0.25, 0.3) is 0 Å². The molecule has 1 heterocycles. The molecule has 114 valence electrons. The topological polar surface area (TPSA) is 88.9 Å². The summed E-state index contributed by atoms with van der Waals surface area (Å²) in [6.45, 7) is 0. The van der Waals surface area contributed by atoms with E-state index in [-0.39, 0.29) is 24.2 Å². The third kappa shape index (κ3) is 3.49. The van der Waals surface area contributed by atoms with Gasteiger partial charge in [-0.1, -0.05) is 12.1 Å². The van der Waals surface area contributed by atoms with E-state index in [1.54, 1.807) is 7.05 Å². The van der Waals surface area contributed by atoms with E-state index in [0.717, 1.165) is 24.1 Å². The summed E-state index contributed by atoms with van der Waals surface area (Å²) in [6.07, 6.45) is 3.58. The molecular weight excluding hydrogens is 282 g/mol. The molecule has 0 saturated heterocycles. The molecule has 1 fully saturated rings. The van der Waals surface area contributed by atoms with Gasteiger partial charge in [0, 0.05) is 18.7 Å². The van der Waals surface area contributed by atoms with E-state index in [1.165, 1.54) is 11.0 Å². The van der Waals surface area contributed by atoms with Crippen LogP contribution in [0.3, 0.4) is 0 Å². The first-order valence-electron chi connectivity index (χ1n) is 7.15. The molecule has 0 atom stereocenters. The first kappa shape index (κ1) is 14.2. The summed E-state index contributed by atoms with van der Waals surface area (Å²) < 4.78 is 1.49. The van der Waals surface area contributed by atoms with Crippen molar-refractivity contribution in [1.29, 1.82) is 0 Å². The Hall–Kier alpha value is -2.70. The van der Waals surface area contributed by atoms with Gasteiger partial charge in [-0.15, -0.1) is 0 Å². The highest BCUT2D eigenvalue weighted by molar-refractivity contribution is 5.94. The highest BCUT2D eigenvalue weighted by atomic mass is 16.2. The Labute approximate surface area is 127 Å². The molecule has 1 aromatic heterocycles. The lowest BCUT2D eigenvalue weighted by molar-refractivity contribution is -0.117. The highest BCUT2D eigenvalue weighted by Gasteiger charge is 2.29. The summed E-state index contributed by atoms with van der Waals surface area (Å²) >= 11 is 0. The van der Waals surface area contributed by atoms with E-state index < -0.39 is 0 Å². The first-order valence-corrected chi connectivity index (χ1v) is 7.15. The number of anilines is 2. The molecule has 2 amide bonds. The average Bonchev–Trinajstić information content (AvgIpc) is 3.27. The van der Waals surface area contributed by atoms with Gasteiger partial charge in [-0.25, -0.2) is 4.68 Å². The van der Waals surface area contributed by atoms with Crippen LogP contribution in [0.1, 0.15) is 18.4 Å². The zero-order chi connectivity index (χ0) is 15.5. The Bertz CT molecular complexity index is 688. The van der Waals surface area contributed by atoms with Crippen molar-refractivity contribution in [2.75, 3.05) is 10.6 Å². The van der Waals surface area contributed by atoms with Gasteiger partial charge >= 0.3 is 0 Å². The van der Waals surface area contributed by atoms with Gasteiger partial charge in [0.1, 0.15) is 6.33 Å². The maximum Gasteiger partial charge on any atom is 0.231 e. The van der Waals surface area contributed by atoms with Crippen molar-refractivity contribution >= 4 is 23.5 Å². The van der Waals surface area contributed by atoms with E-state index in [1.807, 2.05) is 24.3 Å². The van der Waals surface area contributed by atoms with Crippen molar-refractivity contribution in [2.24, 2.45) is 13.0 Å². The monoisotopic (exact) mass is 299 g/mol. The summed E-state index contributed by atoms with van der Waals surface area (Å²) in [7, 11) is 1.71. The second-order valence-electron chi connectivity index (χ2n) is 5.39. The van der Waals surface area contributed by atoms with Crippen LogP contribution in [-0.4, -0.2) is 26.6 Å². The molecule has 22 heavy (non-hydrogen) atoms. The number of aromatic nitrogens is 3. The lowest BCUT2D eigenvalue weighted by Gasteiger charge is -2.06. The summed E-state index contributed by atoms with van der Waals surface area (Å²) in [6, 6.07) is 7.29. The quantitative estimate of drug-likeness (QED) is 0.872. The number of aryl methyl sites for hydroxylation is 1. The molecule has 1 saturated carbocycles. The standard InChI is InChI=1S/C15H17N5O2/c1-20-15(16-9-17-20)19-13(21)8-10-2-6-12(7-3-10)18-14(22)11-4-5-11/h2-3,6-7,9,11H,4-5,8H2,1H3,(H,18,22)(H,16,17,19,21). The molecule has 0 spiro atoms. The second kappa shape index (κ2) is 5.97. The molecule has 7 nitrogen and oxygen atoms in total. The third-order valence-electron chi connectivity index (χ3n) is 3.50. The summed E-state index contributed by atoms with van der Waals surface area (Å²) in [5.41, 5.74) is 1.62. The first-order chi connectivity index (χ1) is 10.6. The molecule has 3 rings (SSSR count). The predicted molar refractivity (Wildman–Crippen MR) is 81.1 cm³/mol. The van der Waals surface area contributed by atoms with Crippen LogP contribution in [0, 0.1) is 5.92 Å². The number of benzene rings is 1. The Morgan fingerprint density at radius 1 is 1.23 bits per heavy atom.